The molecule has 1 aliphatic carbocycles. The number of benzene rings is 1. The Labute approximate surface area is 142 Å². The zero-order valence-corrected chi connectivity index (χ0v) is 14.4. The van der Waals surface area contributed by atoms with E-state index in [2.05, 4.69) is 28.3 Å². The van der Waals surface area contributed by atoms with Crippen molar-refractivity contribution in [3.05, 3.63) is 46.1 Å². The van der Waals surface area contributed by atoms with E-state index in [1.807, 2.05) is 18.2 Å². The molecule has 4 nitrogen and oxygen atoms in total. The lowest BCUT2D eigenvalue weighted by molar-refractivity contribution is 0.374. The molecule has 0 aliphatic heterocycles. The van der Waals surface area contributed by atoms with Crippen LogP contribution in [0.3, 0.4) is 0 Å². The maximum Gasteiger partial charge on any atom is 0.318 e. The summed E-state index contributed by atoms with van der Waals surface area (Å²) in [4.78, 5) is 9.03. The smallest absolute Gasteiger partial charge is 0.318 e. The number of halogens is 1. The van der Waals surface area contributed by atoms with Gasteiger partial charge in [-0.3, -0.25) is 0 Å². The van der Waals surface area contributed by atoms with Crippen molar-refractivity contribution in [3.63, 3.8) is 0 Å². The fourth-order valence-corrected chi connectivity index (χ4v) is 3.25. The quantitative estimate of drug-likeness (QED) is 0.902. The van der Waals surface area contributed by atoms with E-state index in [-0.39, 0.29) is 0 Å². The molecule has 2 aromatic rings. The van der Waals surface area contributed by atoms with E-state index in [0.29, 0.717) is 11.9 Å². The van der Waals surface area contributed by atoms with Gasteiger partial charge in [-0.05, 0) is 43.2 Å². The first kappa shape index (κ1) is 16.1. The average Bonchev–Trinajstić information content (AvgIpc) is 2.56. The summed E-state index contributed by atoms with van der Waals surface area (Å²) in [6.45, 7) is 3.06. The van der Waals surface area contributed by atoms with Crippen molar-refractivity contribution in [2.75, 3.05) is 19.0 Å². The molecule has 0 amide bonds. The molecule has 0 fully saturated rings. The molecular weight excluding hydrogens is 310 g/mol. The Balaban J connectivity index is 1.75. The van der Waals surface area contributed by atoms with Crippen LogP contribution in [-0.2, 0) is 19.3 Å². The number of aromatic nitrogens is 2. The second-order valence-electron chi connectivity index (χ2n) is 6.10. The van der Waals surface area contributed by atoms with E-state index in [4.69, 9.17) is 16.3 Å². The summed E-state index contributed by atoms with van der Waals surface area (Å²) in [6.07, 6.45) is 4.05. The average molecular weight is 332 g/mol. The van der Waals surface area contributed by atoms with Gasteiger partial charge in [0.05, 0.1) is 12.8 Å². The normalized spacial score (nSPS) is 16.7. The molecule has 122 valence electrons. The number of anilines is 1. The van der Waals surface area contributed by atoms with Crippen LogP contribution in [0.1, 0.15) is 30.2 Å². The van der Waals surface area contributed by atoms with E-state index < -0.39 is 0 Å². The highest BCUT2D eigenvalue weighted by atomic mass is 35.5. The molecule has 1 aromatic heterocycles. The monoisotopic (exact) mass is 331 g/mol. The van der Waals surface area contributed by atoms with Crippen molar-refractivity contribution >= 4 is 17.4 Å². The maximum absolute atomic E-state index is 6.21. The molecule has 5 heteroatoms. The first-order valence-corrected chi connectivity index (χ1v) is 8.46. The van der Waals surface area contributed by atoms with Crippen LogP contribution in [0.5, 0.6) is 6.01 Å². The summed E-state index contributed by atoms with van der Waals surface area (Å²) in [6, 6.07) is 8.39. The third-order valence-corrected chi connectivity index (χ3v) is 4.69. The van der Waals surface area contributed by atoms with Crippen molar-refractivity contribution in [2.45, 2.75) is 32.6 Å². The van der Waals surface area contributed by atoms with Gasteiger partial charge in [0.25, 0.3) is 0 Å². The van der Waals surface area contributed by atoms with Gasteiger partial charge >= 0.3 is 6.01 Å². The molecule has 1 aliphatic rings. The van der Waals surface area contributed by atoms with Crippen LogP contribution in [-0.4, -0.2) is 23.6 Å². The molecular formula is C18H22ClN3O. The lowest BCUT2D eigenvalue weighted by atomic mass is 9.88. The number of hydrogen-bond acceptors (Lipinski definition) is 4. The lowest BCUT2D eigenvalue weighted by Crippen LogP contribution is -2.18. The number of nitrogens with zero attached hydrogens (tertiary/aromatic N) is 2. The number of methoxy groups -OCH3 is 1. The summed E-state index contributed by atoms with van der Waals surface area (Å²) < 4.78 is 5.25. The Bertz CT molecular complexity index is 690. The number of rotatable bonds is 5. The Morgan fingerprint density at radius 2 is 2.13 bits per heavy atom. The zero-order chi connectivity index (χ0) is 16.2. The molecule has 0 spiro atoms. The van der Waals surface area contributed by atoms with E-state index in [0.717, 1.165) is 47.9 Å². The minimum absolute atomic E-state index is 0.443. The van der Waals surface area contributed by atoms with Crippen LogP contribution in [0, 0.1) is 5.92 Å². The van der Waals surface area contributed by atoms with Gasteiger partial charge in [-0.2, -0.15) is 9.97 Å². The Morgan fingerprint density at radius 1 is 1.30 bits per heavy atom. The summed E-state index contributed by atoms with van der Waals surface area (Å²) in [5, 5.41) is 4.26. The van der Waals surface area contributed by atoms with Crippen molar-refractivity contribution in [1.82, 2.24) is 9.97 Å². The van der Waals surface area contributed by atoms with Crippen molar-refractivity contribution < 1.29 is 4.74 Å². The van der Waals surface area contributed by atoms with E-state index in [1.54, 1.807) is 7.11 Å². The van der Waals surface area contributed by atoms with E-state index >= 15 is 0 Å². The minimum Gasteiger partial charge on any atom is -0.467 e. The summed E-state index contributed by atoms with van der Waals surface area (Å²) in [5.41, 5.74) is 3.50. The predicted octanol–water partition coefficient (Wildman–Crippen LogP) is 3.92. The third kappa shape index (κ3) is 3.75. The fraction of sp³-hybridized carbons (Fsp3) is 0.444. The molecule has 0 radical (unpaired) electrons. The molecule has 23 heavy (non-hydrogen) atoms. The molecule has 3 rings (SSSR count). The Morgan fingerprint density at radius 3 is 2.91 bits per heavy atom. The standard InChI is InChI=1S/C18H22ClN3O/c1-12-7-8-16-14(11-12)17(22-18(21-16)23-2)20-10-9-13-5-3-4-6-15(13)19/h3-6,12H,7-11H2,1-2H3,(H,20,21,22). The summed E-state index contributed by atoms with van der Waals surface area (Å²) in [7, 11) is 1.61. The molecule has 1 N–H and O–H groups in total. The number of aryl methyl sites for hydroxylation is 1. The molecule has 0 bridgehead atoms. The largest absolute Gasteiger partial charge is 0.467 e. The molecule has 0 saturated carbocycles. The minimum atomic E-state index is 0.443. The summed E-state index contributed by atoms with van der Waals surface area (Å²) >= 11 is 6.21. The highest BCUT2D eigenvalue weighted by Gasteiger charge is 2.22. The van der Waals surface area contributed by atoms with Crippen LogP contribution < -0.4 is 10.1 Å². The van der Waals surface area contributed by atoms with Crippen LogP contribution in [0.4, 0.5) is 5.82 Å². The number of nitrogens with one attached hydrogen (secondary N) is 1. The first-order valence-electron chi connectivity index (χ1n) is 8.08. The first-order chi connectivity index (χ1) is 11.2. The summed E-state index contributed by atoms with van der Waals surface area (Å²) in [5.74, 6) is 1.58. The van der Waals surface area contributed by atoms with Crippen LogP contribution in [0.2, 0.25) is 5.02 Å². The SMILES string of the molecule is COc1nc2c(c(NCCc3ccccc3Cl)n1)CC(C)CC2. The number of ether oxygens (including phenoxy) is 1. The molecule has 1 heterocycles. The van der Waals surface area contributed by atoms with Crippen LogP contribution in [0.25, 0.3) is 0 Å². The number of fused-ring (bicyclic) bond motifs is 1. The second kappa shape index (κ2) is 7.18. The van der Waals surface area contributed by atoms with Crippen molar-refractivity contribution in [3.8, 4) is 6.01 Å². The lowest BCUT2D eigenvalue weighted by Gasteiger charge is -2.23. The van der Waals surface area contributed by atoms with Gasteiger partial charge in [-0.15, -0.1) is 0 Å². The molecule has 1 unspecified atom stereocenters. The van der Waals surface area contributed by atoms with Gasteiger partial charge in [0.15, 0.2) is 0 Å². The topological polar surface area (TPSA) is 47.0 Å². The molecule has 1 atom stereocenters. The molecule has 0 saturated heterocycles. The van der Waals surface area contributed by atoms with Crippen molar-refractivity contribution in [2.24, 2.45) is 5.92 Å². The number of hydrogen-bond donors (Lipinski definition) is 1. The van der Waals surface area contributed by atoms with E-state index in [9.17, 15) is 0 Å². The highest BCUT2D eigenvalue weighted by Crippen LogP contribution is 2.30. The molecule has 1 aromatic carbocycles. The van der Waals surface area contributed by atoms with Gasteiger partial charge in [-0.25, -0.2) is 0 Å². The maximum atomic E-state index is 6.21. The van der Waals surface area contributed by atoms with Crippen molar-refractivity contribution in [1.29, 1.82) is 0 Å². The Hall–Kier alpha value is -1.81. The van der Waals surface area contributed by atoms with Crippen LogP contribution in [0.15, 0.2) is 24.3 Å². The highest BCUT2D eigenvalue weighted by molar-refractivity contribution is 6.31. The zero-order valence-electron chi connectivity index (χ0n) is 13.6. The Kier molecular flexibility index (Phi) is 5.01. The van der Waals surface area contributed by atoms with E-state index in [1.165, 1.54) is 12.0 Å². The third-order valence-electron chi connectivity index (χ3n) is 4.33. The van der Waals surface area contributed by atoms with Gasteiger partial charge in [0, 0.05) is 17.1 Å². The second-order valence-corrected chi connectivity index (χ2v) is 6.51. The van der Waals surface area contributed by atoms with Crippen LogP contribution >= 0.6 is 11.6 Å². The van der Waals surface area contributed by atoms with Gasteiger partial charge in [-0.1, -0.05) is 36.7 Å². The van der Waals surface area contributed by atoms with Gasteiger partial charge in [0.2, 0.25) is 0 Å². The van der Waals surface area contributed by atoms with Gasteiger partial charge < -0.3 is 10.1 Å². The predicted molar refractivity (Wildman–Crippen MR) is 93.4 cm³/mol. The fourth-order valence-electron chi connectivity index (χ4n) is 3.02. The van der Waals surface area contributed by atoms with Gasteiger partial charge in [0.1, 0.15) is 5.82 Å².